The highest BCUT2D eigenvalue weighted by Gasteiger charge is 2.37. The average molecular weight is 527 g/mol. The van der Waals surface area contributed by atoms with E-state index < -0.39 is 23.1 Å². The molecule has 3 atom stereocenters. The van der Waals surface area contributed by atoms with E-state index in [-0.39, 0.29) is 12.6 Å². The van der Waals surface area contributed by atoms with Gasteiger partial charge in [-0.3, -0.25) is 9.69 Å². The van der Waals surface area contributed by atoms with Crippen LogP contribution in [-0.2, 0) is 33.6 Å². The molecule has 0 spiro atoms. The maximum Gasteiger partial charge on any atom is 0.325 e. The van der Waals surface area contributed by atoms with E-state index in [1.54, 1.807) is 0 Å². The summed E-state index contributed by atoms with van der Waals surface area (Å²) < 4.78 is 22.5. The number of nitrogens with zero attached hydrogens (tertiary/aromatic N) is 1. The molecule has 1 N–H and O–H groups in total. The Morgan fingerprint density at radius 1 is 0.789 bits per heavy atom. The molecule has 0 unspecified atom stereocenters. The van der Waals surface area contributed by atoms with Gasteiger partial charge in [-0.2, -0.15) is 0 Å². The standard InChI is InChI=1S/C32H34N2O3S/c1-3-37-32(35)31(34(23-26-13-7-4-8-14-26)24-27-15-9-5-10-16-27)30(28-17-11-6-12-18-28)33-38(36)29-21-19-25(2)20-22-29/h4-22,30-31,33H,3,23-24H2,1-2H3/t30-,31+,38-/m0/s1. The number of hydrogen-bond acceptors (Lipinski definition) is 4. The highest BCUT2D eigenvalue weighted by molar-refractivity contribution is 7.83. The van der Waals surface area contributed by atoms with E-state index in [4.69, 9.17) is 4.74 Å². The summed E-state index contributed by atoms with van der Waals surface area (Å²) in [5, 5.41) is 0. The first-order valence-electron chi connectivity index (χ1n) is 12.8. The van der Waals surface area contributed by atoms with Crippen molar-refractivity contribution in [3.63, 3.8) is 0 Å². The Morgan fingerprint density at radius 2 is 1.29 bits per heavy atom. The molecule has 4 aromatic carbocycles. The maximum atomic E-state index is 13.7. The number of carbonyl (C=O) groups is 1. The maximum absolute atomic E-state index is 13.7. The molecule has 0 saturated carbocycles. The van der Waals surface area contributed by atoms with Gasteiger partial charge in [0.15, 0.2) is 0 Å². The molecule has 0 aliphatic rings. The number of carbonyl (C=O) groups excluding carboxylic acids is 1. The Labute approximate surface area is 228 Å². The lowest BCUT2D eigenvalue weighted by Crippen LogP contribution is -2.50. The van der Waals surface area contributed by atoms with Crippen molar-refractivity contribution < 1.29 is 13.7 Å². The van der Waals surface area contributed by atoms with Gasteiger partial charge in [0.05, 0.1) is 17.5 Å². The predicted molar refractivity (Wildman–Crippen MR) is 152 cm³/mol. The van der Waals surface area contributed by atoms with Crippen LogP contribution >= 0.6 is 0 Å². The Bertz CT molecular complexity index is 1260. The van der Waals surface area contributed by atoms with Crippen molar-refractivity contribution in [1.82, 2.24) is 9.62 Å². The van der Waals surface area contributed by atoms with Gasteiger partial charge in [0.25, 0.3) is 0 Å². The molecule has 0 heterocycles. The smallest absolute Gasteiger partial charge is 0.325 e. The van der Waals surface area contributed by atoms with Crippen LogP contribution in [0.3, 0.4) is 0 Å². The summed E-state index contributed by atoms with van der Waals surface area (Å²) in [6.07, 6.45) is 0. The minimum Gasteiger partial charge on any atom is -0.465 e. The second-order valence-corrected chi connectivity index (χ2v) is 10.4. The van der Waals surface area contributed by atoms with E-state index in [1.807, 2.05) is 105 Å². The topological polar surface area (TPSA) is 58.6 Å². The van der Waals surface area contributed by atoms with Crippen LogP contribution in [0, 0.1) is 6.92 Å². The molecule has 4 aromatic rings. The summed E-state index contributed by atoms with van der Waals surface area (Å²) >= 11 is 0. The van der Waals surface area contributed by atoms with E-state index in [0.29, 0.717) is 18.0 Å². The molecule has 5 nitrogen and oxygen atoms in total. The quantitative estimate of drug-likeness (QED) is 0.231. The van der Waals surface area contributed by atoms with Crippen molar-refractivity contribution in [2.75, 3.05) is 6.61 Å². The van der Waals surface area contributed by atoms with Crippen LogP contribution in [0.5, 0.6) is 0 Å². The summed E-state index contributed by atoms with van der Waals surface area (Å²) in [6, 6.07) is 36.1. The lowest BCUT2D eigenvalue weighted by atomic mass is 9.97. The van der Waals surface area contributed by atoms with Gasteiger partial charge in [-0.15, -0.1) is 0 Å². The number of rotatable bonds is 12. The molecule has 0 radical (unpaired) electrons. The fourth-order valence-corrected chi connectivity index (χ4v) is 5.45. The third-order valence-corrected chi connectivity index (χ3v) is 7.49. The van der Waals surface area contributed by atoms with Crippen LogP contribution in [0.15, 0.2) is 120 Å². The first kappa shape index (κ1) is 27.5. The zero-order chi connectivity index (χ0) is 26.7. The van der Waals surface area contributed by atoms with Crippen LogP contribution in [0.25, 0.3) is 0 Å². The fraction of sp³-hybridized carbons (Fsp3) is 0.219. The Hall–Kier alpha value is -3.58. The van der Waals surface area contributed by atoms with Crippen LogP contribution in [0.2, 0.25) is 0 Å². The molecule has 196 valence electrons. The van der Waals surface area contributed by atoms with E-state index >= 15 is 0 Å². The molecule has 0 aliphatic carbocycles. The molecule has 0 bridgehead atoms. The summed E-state index contributed by atoms with van der Waals surface area (Å²) in [5.74, 6) is -0.360. The molecule has 6 heteroatoms. The Balaban J connectivity index is 1.78. The van der Waals surface area contributed by atoms with Crippen molar-refractivity contribution in [2.45, 2.75) is 43.9 Å². The summed E-state index contributed by atoms with van der Waals surface area (Å²) in [6.45, 7) is 5.09. The summed E-state index contributed by atoms with van der Waals surface area (Å²) in [5.41, 5.74) is 4.09. The van der Waals surface area contributed by atoms with E-state index in [0.717, 1.165) is 22.3 Å². The minimum absolute atomic E-state index is 0.252. The summed E-state index contributed by atoms with van der Waals surface area (Å²) in [7, 11) is -1.56. The van der Waals surface area contributed by atoms with Gasteiger partial charge in [0.2, 0.25) is 0 Å². The first-order valence-corrected chi connectivity index (χ1v) is 14.0. The molecule has 0 amide bonds. The number of hydrogen-bond donors (Lipinski definition) is 1. The normalized spacial score (nSPS) is 13.6. The van der Waals surface area contributed by atoms with Crippen molar-refractivity contribution in [1.29, 1.82) is 0 Å². The zero-order valence-corrected chi connectivity index (χ0v) is 22.6. The van der Waals surface area contributed by atoms with E-state index in [1.165, 1.54) is 0 Å². The number of aryl methyl sites for hydroxylation is 1. The highest BCUT2D eigenvalue weighted by Crippen LogP contribution is 2.27. The molecular formula is C32H34N2O3S. The van der Waals surface area contributed by atoms with Crippen LogP contribution in [0.4, 0.5) is 0 Å². The number of esters is 1. The van der Waals surface area contributed by atoms with Crippen molar-refractivity contribution >= 4 is 17.0 Å². The largest absolute Gasteiger partial charge is 0.465 e. The molecule has 0 saturated heterocycles. The van der Waals surface area contributed by atoms with Crippen molar-refractivity contribution in [3.05, 3.63) is 138 Å². The molecule has 38 heavy (non-hydrogen) atoms. The second kappa shape index (κ2) is 13.8. The lowest BCUT2D eigenvalue weighted by Gasteiger charge is -2.36. The van der Waals surface area contributed by atoms with Gasteiger partial charge in [0.1, 0.15) is 17.0 Å². The first-order chi connectivity index (χ1) is 18.5. The lowest BCUT2D eigenvalue weighted by molar-refractivity contribution is -0.151. The van der Waals surface area contributed by atoms with Gasteiger partial charge in [-0.1, -0.05) is 109 Å². The van der Waals surface area contributed by atoms with Gasteiger partial charge in [0, 0.05) is 13.1 Å². The second-order valence-electron chi connectivity index (χ2n) is 9.16. The molecule has 0 aliphatic heterocycles. The van der Waals surface area contributed by atoms with Crippen LogP contribution in [0.1, 0.15) is 35.2 Å². The van der Waals surface area contributed by atoms with Gasteiger partial charge >= 0.3 is 5.97 Å². The predicted octanol–water partition coefficient (Wildman–Crippen LogP) is 5.98. The van der Waals surface area contributed by atoms with Crippen molar-refractivity contribution in [2.24, 2.45) is 0 Å². The highest BCUT2D eigenvalue weighted by atomic mass is 32.2. The molecular weight excluding hydrogens is 492 g/mol. The SMILES string of the molecule is CCOC(=O)[C@@H]([C@@H](N[S@@](=O)c1ccc(C)cc1)c1ccccc1)N(Cc1ccccc1)Cc1ccccc1. The van der Waals surface area contributed by atoms with Gasteiger partial charge in [-0.25, -0.2) is 8.93 Å². The minimum atomic E-state index is -1.56. The van der Waals surface area contributed by atoms with Crippen LogP contribution in [-0.4, -0.2) is 27.7 Å². The monoisotopic (exact) mass is 526 g/mol. The zero-order valence-electron chi connectivity index (χ0n) is 21.8. The average Bonchev–Trinajstić information content (AvgIpc) is 2.94. The number of benzene rings is 4. The van der Waals surface area contributed by atoms with Crippen molar-refractivity contribution in [3.8, 4) is 0 Å². The number of nitrogens with one attached hydrogen (secondary N) is 1. The fourth-order valence-electron chi connectivity index (χ4n) is 4.43. The third-order valence-electron chi connectivity index (χ3n) is 6.32. The third kappa shape index (κ3) is 7.48. The van der Waals surface area contributed by atoms with Crippen LogP contribution < -0.4 is 4.72 Å². The van der Waals surface area contributed by atoms with E-state index in [9.17, 15) is 9.00 Å². The molecule has 4 rings (SSSR count). The molecule has 0 fully saturated rings. The Morgan fingerprint density at radius 3 is 1.79 bits per heavy atom. The number of ether oxygens (including phenoxy) is 1. The molecule has 0 aromatic heterocycles. The summed E-state index contributed by atoms with van der Waals surface area (Å²) in [4.78, 5) is 16.5. The van der Waals surface area contributed by atoms with E-state index in [2.05, 4.69) is 33.9 Å². The van der Waals surface area contributed by atoms with Gasteiger partial charge < -0.3 is 4.74 Å². The van der Waals surface area contributed by atoms with Gasteiger partial charge in [-0.05, 0) is 42.7 Å². The Kier molecular flexibility index (Phi) is 9.98.